The van der Waals surface area contributed by atoms with E-state index in [1.807, 2.05) is 31.4 Å². The van der Waals surface area contributed by atoms with Gasteiger partial charge in [0.15, 0.2) is 0 Å². The molecule has 5 nitrogen and oxygen atoms in total. The van der Waals surface area contributed by atoms with Crippen LogP contribution >= 0.6 is 23.1 Å². The lowest BCUT2D eigenvalue weighted by molar-refractivity contribution is -0.139. The van der Waals surface area contributed by atoms with Crippen molar-refractivity contribution >= 4 is 35.0 Å². The Balaban J connectivity index is 2.07. The number of nitrogens with one attached hydrogen (secondary N) is 1. The number of hydrogen-bond donors (Lipinski definition) is 2. The van der Waals surface area contributed by atoms with E-state index < -0.39 is 12.0 Å². The van der Waals surface area contributed by atoms with Crippen molar-refractivity contribution in [2.75, 3.05) is 0 Å². The lowest BCUT2D eigenvalue weighted by Crippen LogP contribution is -2.40. The quantitative estimate of drug-likeness (QED) is 0.642. The number of rotatable bonds is 9. The summed E-state index contributed by atoms with van der Waals surface area (Å²) in [7, 11) is 0. The van der Waals surface area contributed by atoms with Crippen LogP contribution in [0.5, 0.6) is 0 Å². The SMILES string of the molecule is CCCC[C@H](NC(=O)c1ccccc1SCc1csc(C)n1)C(=O)O. The highest BCUT2D eigenvalue weighted by Crippen LogP contribution is 2.27. The average molecular weight is 379 g/mol. The van der Waals surface area contributed by atoms with E-state index in [2.05, 4.69) is 10.3 Å². The van der Waals surface area contributed by atoms with Crippen LogP contribution in [0.4, 0.5) is 0 Å². The monoisotopic (exact) mass is 378 g/mol. The van der Waals surface area contributed by atoms with Gasteiger partial charge in [0.2, 0.25) is 0 Å². The third kappa shape index (κ3) is 5.86. The summed E-state index contributed by atoms with van der Waals surface area (Å²) >= 11 is 3.13. The van der Waals surface area contributed by atoms with E-state index in [9.17, 15) is 14.7 Å². The van der Waals surface area contributed by atoms with Crippen molar-refractivity contribution in [2.24, 2.45) is 0 Å². The highest BCUT2D eigenvalue weighted by atomic mass is 32.2. The Hall–Kier alpha value is -1.86. The van der Waals surface area contributed by atoms with Gasteiger partial charge in [-0.15, -0.1) is 23.1 Å². The zero-order valence-electron chi connectivity index (χ0n) is 14.3. The number of aryl methyl sites for hydroxylation is 1. The molecule has 1 aromatic carbocycles. The van der Waals surface area contributed by atoms with Crippen molar-refractivity contribution in [1.82, 2.24) is 10.3 Å². The molecule has 0 saturated carbocycles. The van der Waals surface area contributed by atoms with Crippen LogP contribution in [0.1, 0.15) is 47.2 Å². The summed E-state index contributed by atoms with van der Waals surface area (Å²) in [5, 5.41) is 15.0. The molecule has 2 N–H and O–H groups in total. The van der Waals surface area contributed by atoms with Crippen LogP contribution < -0.4 is 5.32 Å². The molecule has 1 aromatic heterocycles. The van der Waals surface area contributed by atoms with Crippen molar-refractivity contribution in [1.29, 1.82) is 0 Å². The number of aromatic nitrogens is 1. The number of carboxylic acid groups (broad SMARTS) is 1. The molecule has 0 aliphatic rings. The maximum absolute atomic E-state index is 12.6. The van der Waals surface area contributed by atoms with Crippen LogP contribution in [-0.4, -0.2) is 28.0 Å². The highest BCUT2D eigenvalue weighted by Gasteiger charge is 2.21. The Morgan fingerprint density at radius 1 is 1.36 bits per heavy atom. The maximum atomic E-state index is 12.6. The van der Waals surface area contributed by atoms with Crippen molar-refractivity contribution in [3.8, 4) is 0 Å². The topological polar surface area (TPSA) is 79.3 Å². The molecule has 7 heteroatoms. The molecule has 0 unspecified atom stereocenters. The zero-order valence-corrected chi connectivity index (χ0v) is 16.0. The molecule has 0 bridgehead atoms. The van der Waals surface area contributed by atoms with E-state index in [0.717, 1.165) is 28.4 Å². The lowest BCUT2D eigenvalue weighted by atomic mass is 10.1. The molecule has 0 radical (unpaired) electrons. The summed E-state index contributed by atoms with van der Waals surface area (Å²) in [6, 6.07) is 6.40. The van der Waals surface area contributed by atoms with E-state index in [-0.39, 0.29) is 5.91 Å². The van der Waals surface area contributed by atoms with Crippen molar-refractivity contribution in [3.05, 3.63) is 45.9 Å². The third-order valence-electron chi connectivity index (χ3n) is 3.62. The van der Waals surface area contributed by atoms with E-state index >= 15 is 0 Å². The summed E-state index contributed by atoms with van der Waals surface area (Å²) in [6.07, 6.45) is 2.08. The number of nitrogens with zero attached hydrogens (tertiary/aromatic N) is 1. The Labute approximate surface area is 155 Å². The first kappa shape index (κ1) is 19.5. The minimum atomic E-state index is -0.995. The molecule has 2 rings (SSSR count). The van der Waals surface area contributed by atoms with Gasteiger partial charge in [-0.1, -0.05) is 31.9 Å². The molecular weight excluding hydrogens is 356 g/mol. The Morgan fingerprint density at radius 2 is 2.12 bits per heavy atom. The van der Waals surface area contributed by atoms with Crippen LogP contribution in [0.15, 0.2) is 34.5 Å². The molecular formula is C18H22N2O3S2. The predicted molar refractivity (Wildman–Crippen MR) is 101 cm³/mol. The number of carbonyl (C=O) groups excluding carboxylic acids is 1. The molecule has 2 aromatic rings. The van der Waals surface area contributed by atoms with E-state index in [0.29, 0.717) is 17.7 Å². The molecule has 1 heterocycles. The standard InChI is InChI=1S/C18H22N2O3S2/c1-3-4-8-15(18(22)23)20-17(21)14-7-5-6-9-16(14)25-11-13-10-24-12(2)19-13/h5-7,9-10,15H,3-4,8,11H2,1-2H3,(H,20,21)(H,22,23)/t15-/m0/s1. The van der Waals surface area contributed by atoms with E-state index in [1.54, 1.807) is 23.5 Å². The Bertz CT molecular complexity index is 731. The number of carboxylic acids is 1. The Kier molecular flexibility index (Phi) is 7.46. The van der Waals surface area contributed by atoms with Gasteiger partial charge in [-0.3, -0.25) is 4.79 Å². The number of aliphatic carboxylic acids is 1. The van der Waals surface area contributed by atoms with Gasteiger partial charge >= 0.3 is 5.97 Å². The lowest BCUT2D eigenvalue weighted by Gasteiger charge is -2.15. The molecule has 1 atom stereocenters. The molecule has 0 fully saturated rings. The molecule has 1 amide bonds. The first-order valence-electron chi connectivity index (χ1n) is 8.17. The first-order valence-corrected chi connectivity index (χ1v) is 10.0. The largest absolute Gasteiger partial charge is 0.480 e. The number of carbonyl (C=O) groups is 2. The van der Waals surface area contributed by atoms with Crippen LogP contribution in [0.25, 0.3) is 0 Å². The first-order chi connectivity index (χ1) is 12.0. The number of benzene rings is 1. The number of hydrogen-bond acceptors (Lipinski definition) is 5. The van der Waals surface area contributed by atoms with Crippen molar-refractivity contribution in [3.63, 3.8) is 0 Å². The van der Waals surface area contributed by atoms with Crippen LogP contribution in [-0.2, 0) is 10.5 Å². The maximum Gasteiger partial charge on any atom is 0.326 e. The van der Waals surface area contributed by atoms with Gasteiger partial charge in [0.25, 0.3) is 5.91 Å². The Morgan fingerprint density at radius 3 is 2.76 bits per heavy atom. The fraction of sp³-hybridized carbons (Fsp3) is 0.389. The minimum absolute atomic E-state index is 0.346. The summed E-state index contributed by atoms with van der Waals surface area (Å²) < 4.78 is 0. The van der Waals surface area contributed by atoms with Crippen molar-refractivity contribution < 1.29 is 14.7 Å². The average Bonchev–Trinajstić information content (AvgIpc) is 3.02. The fourth-order valence-corrected chi connectivity index (χ4v) is 3.97. The second-order valence-corrected chi connectivity index (χ2v) is 7.73. The molecule has 0 aliphatic heterocycles. The number of thiazole rings is 1. The van der Waals surface area contributed by atoms with Gasteiger partial charge in [-0.25, -0.2) is 9.78 Å². The van der Waals surface area contributed by atoms with Gasteiger partial charge in [-0.2, -0.15) is 0 Å². The molecule has 134 valence electrons. The number of thioether (sulfide) groups is 1. The van der Waals surface area contributed by atoms with Gasteiger partial charge in [-0.05, 0) is 25.5 Å². The number of unbranched alkanes of at least 4 members (excludes halogenated alkanes) is 1. The fourth-order valence-electron chi connectivity index (χ4n) is 2.31. The highest BCUT2D eigenvalue weighted by molar-refractivity contribution is 7.98. The van der Waals surface area contributed by atoms with Crippen LogP contribution in [0.3, 0.4) is 0 Å². The van der Waals surface area contributed by atoms with Crippen molar-refractivity contribution in [2.45, 2.75) is 49.8 Å². The smallest absolute Gasteiger partial charge is 0.326 e. The van der Waals surface area contributed by atoms with Crippen LogP contribution in [0.2, 0.25) is 0 Å². The molecule has 0 aliphatic carbocycles. The minimum Gasteiger partial charge on any atom is -0.480 e. The van der Waals surface area contributed by atoms with Gasteiger partial charge in [0.1, 0.15) is 6.04 Å². The van der Waals surface area contributed by atoms with Gasteiger partial charge < -0.3 is 10.4 Å². The third-order valence-corrected chi connectivity index (χ3v) is 5.55. The molecule has 25 heavy (non-hydrogen) atoms. The van der Waals surface area contributed by atoms with Gasteiger partial charge in [0.05, 0.1) is 16.3 Å². The van der Waals surface area contributed by atoms with E-state index in [1.165, 1.54) is 11.8 Å². The van der Waals surface area contributed by atoms with Crippen LogP contribution in [0, 0.1) is 6.92 Å². The van der Waals surface area contributed by atoms with E-state index in [4.69, 9.17) is 0 Å². The molecule has 0 saturated heterocycles. The second kappa shape index (κ2) is 9.58. The summed E-state index contributed by atoms with van der Waals surface area (Å²) in [6.45, 7) is 3.95. The predicted octanol–water partition coefficient (Wildman–Crippen LogP) is 4.12. The normalized spacial score (nSPS) is 11.9. The summed E-state index contributed by atoms with van der Waals surface area (Å²) in [5.41, 5.74) is 1.48. The summed E-state index contributed by atoms with van der Waals surface area (Å²) in [4.78, 5) is 29.2. The summed E-state index contributed by atoms with van der Waals surface area (Å²) in [5.74, 6) is -0.668. The molecule has 0 spiro atoms. The second-order valence-electron chi connectivity index (χ2n) is 5.65. The zero-order chi connectivity index (χ0) is 18.2. The number of amides is 1. The van der Waals surface area contributed by atoms with Gasteiger partial charge in [0, 0.05) is 16.0 Å².